The number of amides is 1. The first-order chi connectivity index (χ1) is 13.4. The third-order valence-corrected chi connectivity index (χ3v) is 5.45. The maximum atomic E-state index is 11.7. The minimum absolute atomic E-state index is 0.145. The van der Waals surface area contributed by atoms with Gasteiger partial charge >= 0.3 is 5.97 Å². The van der Waals surface area contributed by atoms with Crippen molar-refractivity contribution in [3.05, 3.63) is 64.7 Å². The summed E-state index contributed by atoms with van der Waals surface area (Å²) in [7, 11) is 0. The van der Waals surface area contributed by atoms with Gasteiger partial charge in [0.25, 0.3) is 0 Å². The quantitative estimate of drug-likeness (QED) is 0.668. The van der Waals surface area contributed by atoms with Crippen LogP contribution in [-0.4, -0.2) is 34.4 Å². The number of ether oxygens (including phenoxy) is 2. The van der Waals surface area contributed by atoms with Crippen LogP contribution in [-0.2, 0) is 20.7 Å². The monoisotopic (exact) mass is 421 g/mol. The van der Waals surface area contributed by atoms with E-state index in [1.165, 1.54) is 18.7 Å². The highest BCUT2D eigenvalue weighted by Crippen LogP contribution is 2.26. The molecule has 0 aliphatic carbocycles. The SMILES string of the molecule is CC(=O)OC(COc1ccc(CC2SC(O)NC2=O)cc1)c1cccc(Cl)c1. The van der Waals surface area contributed by atoms with Gasteiger partial charge in [0.05, 0.1) is 5.25 Å². The Bertz CT molecular complexity index is 845. The molecular weight excluding hydrogens is 402 g/mol. The van der Waals surface area contributed by atoms with Gasteiger partial charge in [-0.1, -0.05) is 47.6 Å². The van der Waals surface area contributed by atoms with Gasteiger partial charge in [-0.25, -0.2) is 0 Å². The van der Waals surface area contributed by atoms with Gasteiger partial charge in [0, 0.05) is 11.9 Å². The smallest absolute Gasteiger partial charge is 0.303 e. The molecule has 1 aliphatic heterocycles. The number of hydrogen-bond acceptors (Lipinski definition) is 6. The normalized spacial score (nSPS) is 19.8. The Kier molecular flexibility index (Phi) is 6.83. The summed E-state index contributed by atoms with van der Waals surface area (Å²) in [6.45, 7) is 1.49. The molecule has 28 heavy (non-hydrogen) atoms. The molecular formula is C20H20ClNO5S. The molecule has 0 radical (unpaired) electrons. The lowest BCUT2D eigenvalue weighted by Crippen LogP contribution is -2.27. The third-order valence-electron chi connectivity index (χ3n) is 4.13. The average Bonchev–Trinajstić information content (AvgIpc) is 2.96. The molecule has 2 N–H and O–H groups in total. The Morgan fingerprint density at radius 1 is 1.29 bits per heavy atom. The zero-order valence-electron chi connectivity index (χ0n) is 15.1. The van der Waals surface area contributed by atoms with E-state index < -0.39 is 17.6 Å². The molecule has 3 rings (SSSR count). The van der Waals surface area contributed by atoms with E-state index in [0.717, 1.165) is 11.1 Å². The van der Waals surface area contributed by atoms with Crippen LogP contribution in [0, 0.1) is 0 Å². The Morgan fingerprint density at radius 2 is 2.04 bits per heavy atom. The number of aliphatic hydroxyl groups excluding tert-OH is 1. The predicted molar refractivity (Wildman–Crippen MR) is 107 cm³/mol. The summed E-state index contributed by atoms with van der Waals surface area (Å²) in [6.07, 6.45) is -0.0529. The number of carbonyl (C=O) groups is 2. The summed E-state index contributed by atoms with van der Waals surface area (Å²) in [5.41, 5.74) is 0.868. The highest BCUT2D eigenvalue weighted by Gasteiger charge is 2.31. The molecule has 0 bridgehead atoms. The van der Waals surface area contributed by atoms with Crippen molar-refractivity contribution in [2.24, 2.45) is 0 Å². The highest BCUT2D eigenvalue weighted by atomic mass is 35.5. The van der Waals surface area contributed by atoms with E-state index in [0.29, 0.717) is 17.2 Å². The van der Waals surface area contributed by atoms with Crippen molar-refractivity contribution in [2.75, 3.05) is 6.61 Å². The van der Waals surface area contributed by atoms with Crippen LogP contribution in [0.15, 0.2) is 48.5 Å². The summed E-state index contributed by atoms with van der Waals surface area (Å²) < 4.78 is 11.1. The predicted octanol–water partition coefficient (Wildman–Crippen LogP) is 3.07. The van der Waals surface area contributed by atoms with Crippen molar-refractivity contribution in [1.29, 1.82) is 0 Å². The molecule has 1 aliphatic rings. The van der Waals surface area contributed by atoms with Gasteiger partial charge in [-0.15, -0.1) is 0 Å². The number of carbonyl (C=O) groups excluding carboxylic acids is 2. The van der Waals surface area contributed by atoms with Crippen molar-refractivity contribution in [2.45, 2.75) is 30.3 Å². The van der Waals surface area contributed by atoms with E-state index in [9.17, 15) is 14.7 Å². The maximum Gasteiger partial charge on any atom is 0.303 e. The van der Waals surface area contributed by atoms with Crippen LogP contribution in [0.5, 0.6) is 5.75 Å². The fourth-order valence-corrected chi connectivity index (χ4v) is 3.99. The van der Waals surface area contributed by atoms with E-state index in [1.54, 1.807) is 30.3 Å². The molecule has 0 saturated carbocycles. The van der Waals surface area contributed by atoms with Gasteiger partial charge in [0.2, 0.25) is 5.91 Å². The first kappa shape index (κ1) is 20.5. The number of thioether (sulfide) groups is 1. The fourth-order valence-electron chi connectivity index (χ4n) is 2.82. The molecule has 8 heteroatoms. The Hall–Kier alpha value is -2.22. The molecule has 1 amide bonds. The second-order valence-electron chi connectivity index (χ2n) is 6.30. The lowest BCUT2D eigenvalue weighted by molar-refractivity contribution is -0.148. The van der Waals surface area contributed by atoms with Gasteiger partial charge < -0.3 is 19.9 Å². The number of rotatable bonds is 7. The molecule has 2 aromatic carbocycles. The van der Waals surface area contributed by atoms with Crippen LogP contribution in [0.1, 0.15) is 24.2 Å². The van der Waals surface area contributed by atoms with E-state index in [1.807, 2.05) is 18.2 Å². The van der Waals surface area contributed by atoms with Crippen molar-refractivity contribution in [3.8, 4) is 5.75 Å². The van der Waals surface area contributed by atoms with Crippen molar-refractivity contribution in [1.82, 2.24) is 5.32 Å². The maximum absolute atomic E-state index is 11.7. The third kappa shape index (κ3) is 5.64. The van der Waals surface area contributed by atoms with Crippen LogP contribution in [0.3, 0.4) is 0 Å². The summed E-state index contributed by atoms with van der Waals surface area (Å²) in [6, 6.07) is 14.4. The van der Waals surface area contributed by atoms with Crippen molar-refractivity contribution in [3.63, 3.8) is 0 Å². The van der Waals surface area contributed by atoms with Gasteiger partial charge in [-0.05, 0) is 41.8 Å². The Balaban J connectivity index is 1.60. The average molecular weight is 422 g/mol. The lowest BCUT2D eigenvalue weighted by Gasteiger charge is -2.18. The Labute approximate surface area is 172 Å². The first-order valence-electron chi connectivity index (χ1n) is 8.69. The van der Waals surface area contributed by atoms with Crippen LogP contribution in [0.4, 0.5) is 0 Å². The van der Waals surface area contributed by atoms with E-state index in [4.69, 9.17) is 21.1 Å². The number of nitrogens with one attached hydrogen (secondary N) is 1. The minimum atomic E-state index is -0.843. The van der Waals surface area contributed by atoms with Crippen LogP contribution >= 0.6 is 23.4 Å². The molecule has 1 fully saturated rings. The van der Waals surface area contributed by atoms with Crippen LogP contribution in [0.2, 0.25) is 5.02 Å². The summed E-state index contributed by atoms with van der Waals surface area (Å²) >= 11 is 7.22. The number of esters is 1. The van der Waals surface area contributed by atoms with E-state index >= 15 is 0 Å². The van der Waals surface area contributed by atoms with Gasteiger partial charge in [-0.3, -0.25) is 9.59 Å². The molecule has 1 heterocycles. The summed E-state index contributed by atoms with van der Waals surface area (Å²) in [5.74, 6) is 0.0496. The second-order valence-corrected chi connectivity index (χ2v) is 8.02. The van der Waals surface area contributed by atoms with Gasteiger partial charge in [0.1, 0.15) is 12.4 Å². The standard InChI is InChI=1S/C20H20ClNO5S/c1-12(23)27-17(14-3-2-4-15(21)10-14)11-26-16-7-5-13(6-8-16)9-18-19(24)22-20(25)28-18/h2-8,10,17-18,20,25H,9,11H2,1H3,(H,22,24). The Morgan fingerprint density at radius 3 is 2.64 bits per heavy atom. The largest absolute Gasteiger partial charge is 0.489 e. The van der Waals surface area contributed by atoms with Gasteiger partial charge in [-0.2, -0.15) is 0 Å². The number of halogens is 1. The lowest BCUT2D eigenvalue weighted by atomic mass is 10.1. The molecule has 1 saturated heterocycles. The second kappa shape index (κ2) is 9.32. The molecule has 6 nitrogen and oxygen atoms in total. The van der Waals surface area contributed by atoms with Crippen LogP contribution < -0.4 is 10.1 Å². The van der Waals surface area contributed by atoms with Gasteiger partial charge in [0.15, 0.2) is 11.7 Å². The molecule has 148 valence electrons. The van der Waals surface area contributed by atoms with Crippen molar-refractivity contribution < 1.29 is 24.2 Å². The topological polar surface area (TPSA) is 84.9 Å². The molecule has 0 spiro atoms. The zero-order chi connectivity index (χ0) is 20.1. The van der Waals surface area contributed by atoms with Crippen LogP contribution in [0.25, 0.3) is 0 Å². The number of benzene rings is 2. The summed E-state index contributed by atoms with van der Waals surface area (Å²) in [4.78, 5) is 23.1. The van der Waals surface area contributed by atoms with Crippen molar-refractivity contribution >= 4 is 35.2 Å². The van der Waals surface area contributed by atoms with E-state index in [-0.39, 0.29) is 17.8 Å². The molecule has 2 aromatic rings. The number of hydrogen-bond donors (Lipinski definition) is 2. The fraction of sp³-hybridized carbons (Fsp3) is 0.300. The first-order valence-corrected chi connectivity index (χ1v) is 10.0. The zero-order valence-corrected chi connectivity index (χ0v) is 16.7. The number of aliphatic hydroxyl groups is 1. The molecule has 0 aromatic heterocycles. The highest BCUT2D eigenvalue weighted by molar-refractivity contribution is 8.01. The molecule has 3 unspecified atom stereocenters. The molecule has 3 atom stereocenters. The summed E-state index contributed by atoms with van der Waals surface area (Å²) in [5, 5.41) is 12.2. The minimum Gasteiger partial charge on any atom is -0.489 e. The van der Waals surface area contributed by atoms with E-state index in [2.05, 4.69) is 5.32 Å².